The molecule has 0 radical (unpaired) electrons. The van der Waals surface area contributed by atoms with E-state index in [9.17, 15) is 27.6 Å². The summed E-state index contributed by atoms with van der Waals surface area (Å²) in [7, 11) is 6.08. The summed E-state index contributed by atoms with van der Waals surface area (Å²) < 4.78 is 44.9. The second kappa shape index (κ2) is 12.3. The van der Waals surface area contributed by atoms with Gasteiger partial charge in [-0.2, -0.15) is 18.3 Å². The molecule has 2 aromatic carbocycles. The summed E-state index contributed by atoms with van der Waals surface area (Å²) in [5, 5.41) is 10.1. The number of nitrogens with one attached hydrogen (secondary N) is 2. The first-order valence-electron chi connectivity index (χ1n) is 14.6. The number of alkyl halides is 3. The highest BCUT2D eigenvalue weighted by molar-refractivity contribution is 5.84. The largest absolute Gasteiger partial charge is 0.416 e. The SMILES string of the molecule is [C-]#[N+]c1ccc(-n2nccc2-c2c(C)n(-c3cccc(C(F)(F)F)c3)c(=O)n2C(=O)NC2CC(C(=O)NCC[N+](C)(C)C)C2)cc1. The molecule has 1 fully saturated rings. The van der Waals surface area contributed by atoms with E-state index in [4.69, 9.17) is 6.57 Å². The van der Waals surface area contributed by atoms with Crippen molar-refractivity contribution in [2.45, 2.75) is 32.0 Å². The van der Waals surface area contributed by atoms with Crippen molar-refractivity contribution in [1.82, 2.24) is 29.5 Å². The normalized spacial score (nSPS) is 16.4. The zero-order chi connectivity index (χ0) is 33.4. The highest BCUT2D eigenvalue weighted by Crippen LogP contribution is 2.33. The Kier molecular flexibility index (Phi) is 8.64. The van der Waals surface area contributed by atoms with Gasteiger partial charge < -0.3 is 15.1 Å². The van der Waals surface area contributed by atoms with Crippen molar-refractivity contribution in [2.75, 3.05) is 34.2 Å². The molecule has 2 aromatic heterocycles. The van der Waals surface area contributed by atoms with Gasteiger partial charge in [0, 0.05) is 12.0 Å². The van der Waals surface area contributed by atoms with E-state index in [1.54, 1.807) is 37.3 Å². The Bertz CT molecular complexity index is 1870. The quantitative estimate of drug-likeness (QED) is 0.219. The highest BCUT2D eigenvalue weighted by Gasteiger charge is 2.37. The molecule has 2 heterocycles. The highest BCUT2D eigenvalue weighted by atomic mass is 19.4. The van der Waals surface area contributed by atoms with Gasteiger partial charge in [-0.3, -0.25) is 9.36 Å². The topological polar surface area (TPSA) is 107 Å². The Hall–Kier alpha value is -5.16. The molecule has 5 rings (SSSR count). The molecule has 0 saturated heterocycles. The summed E-state index contributed by atoms with van der Waals surface area (Å²) in [5.41, 5.74) is -0.268. The first-order valence-corrected chi connectivity index (χ1v) is 14.6. The number of carbonyl (C=O) groups is 2. The first kappa shape index (κ1) is 32.2. The number of carbonyl (C=O) groups excluding carboxylic acids is 2. The molecule has 4 aromatic rings. The number of hydrogen-bond donors (Lipinski definition) is 2. The summed E-state index contributed by atoms with van der Waals surface area (Å²) in [6.07, 6.45) is -2.42. The van der Waals surface area contributed by atoms with Gasteiger partial charge in [-0.25, -0.2) is 23.7 Å². The van der Waals surface area contributed by atoms with Crippen molar-refractivity contribution in [3.05, 3.63) is 94.0 Å². The predicted octanol–water partition coefficient (Wildman–Crippen LogP) is 4.53. The van der Waals surface area contributed by atoms with Gasteiger partial charge in [0.05, 0.1) is 75.3 Å². The number of aromatic nitrogens is 4. The molecular weight excluding hydrogens is 601 g/mol. The Morgan fingerprint density at radius 3 is 2.39 bits per heavy atom. The zero-order valence-electron chi connectivity index (χ0n) is 25.8. The molecule has 0 atom stereocenters. The number of quaternary nitrogens is 1. The summed E-state index contributed by atoms with van der Waals surface area (Å²) in [4.78, 5) is 43.7. The second-order valence-corrected chi connectivity index (χ2v) is 12.3. The number of hydrogen-bond acceptors (Lipinski definition) is 4. The molecular formula is C32H34F3N8O3+. The number of benzene rings is 2. The molecule has 46 heavy (non-hydrogen) atoms. The average Bonchev–Trinajstić information content (AvgIpc) is 3.55. The fourth-order valence-corrected chi connectivity index (χ4v) is 5.43. The number of likely N-dealkylation sites (N-methyl/N-ethyl adjacent to an activating group) is 1. The average molecular weight is 636 g/mol. The lowest BCUT2D eigenvalue weighted by Gasteiger charge is -2.35. The number of nitrogens with zero attached hydrogens (tertiary/aromatic N) is 6. The van der Waals surface area contributed by atoms with Crippen LogP contribution >= 0.6 is 0 Å². The molecule has 14 heteroatoms. The number of amides is 2. The molecule has 2 amide bonds. The van der Waals surface area contributed by atoms with E-state index in [2.05, 4.69) is 20.6 Å². The molecule has 1 saturated carbocycles. The monoisotopic (exact) mass is 635 g/mol. The van der Waals surface area contributed by atoms with Crippen LogP contribution in [0.1, 0.15) is 24.1 Å². The molecule has 240 valence electrons. The number of rotatable bonds is 8. The van der Waals surface area contributed by atoms with Gasteiger partial charge in [0.1, 0.15) is 5.69 Å². The molecule has 1 aliphatic rings. The smallest absolute Gasteiger partial charge is 0.350 e. The van der Waals surface area contributed by atoms with Crippen LogP contribution in [-0.4, -0.2) is 75.6 Å². The number of halogens is 3. The van der Waals surface area contributed by atoms with E-state index in [1.807, 2.05) is 21.1 Å². The van der Waals surface area contributed by atoms with E-state index in [-0.39, 0.29) is 34.9 Å². The van der Waals surface area contributed by atoms with E-state index in [1.165, 1.54) is 23.0 Å². The fourth-order valence-electron chi connectivity index (χ4n) is 5.43. The summed E-state index contributed by atoms with van der Waals surface area (Å²) in [6, 6.07) is 11.3. The van der Waals surface area contributed by atoms with E-state index in [0.29, 0.717) is 40.9 Å². The second-order valence-electron chi connectivity index (χ2n) is 12.3. The molecule has 0 bridgehead atoms. The summed E-state index contributed by atoms with van der Waals surface area (Å²) in [5.74, 6) is -0.387. The zero-order valence-corrected chi connectivity index (χ0v) is 25.8. The van der Waals surface area contributed by atoms with Gasteiger partial charge in [-0.05, 0) is 56.2 Å². The van der Waals surface area contributed by atoms with Crippen molar-refractivity contribution in [3.63, 3.8) is 0 Å². The van der Waals surface area contributed by atoms with Gasteiger partial charge in [0.25, 0.3) is 0 Å². The first-order chi connectivity index (χ1) is 21.7. The van der Waals surface area contributed by atoms with Gasteiger partial charge in [0.2, 0.25) is 5.91 Å². The minimum absolute atomic E-state index is 0.0631. The van der Waals surface area contributed by atoms with Gasteiger partial charge in [-0.1, -0.05) is 18.2 Å². The van der Waals surface area contributed by atoms with Crippen LogP contribution in [-0.2, 0) is 11.0 Å². The third kappa shape index (κ3) is 6.59. The Labute approximate surface area is 263 Å². The molecule has 11 nitrogen and oxygen atoms in total. The number of imidazole rings is 1. The molecule has 2 N–H and O–H groups in total. The van der Waals surface area contributed by atoms with E-state index in [0.717, 1.165) is 27.8 Å². The van der Waals surface area contributed by atoms with E-state index >= 15 is 0 Å². The van der Waals surface area contributed by atoms with Crippen LogP contribution < -0.4 is 16.3 Å². The Morgan fingerprint density at radius 2 is 1.76 bits per heavy atom. The van der Waals surface area contributed by atoms with Crippen molar-refractivity contribution >= 4 is 17.6 Å². The molecule has 0 unspecified atom stereocenters. The third-order valence-corrected chi connectivity index (χ3v) is 7.95. The van der Waals surface area contributed by atoms with Crippen LogP contribution in [0.5, 0.6) is 0 Å². The van der Waals surface area contributed by atoms with Crippen molar-refractivity contribution < 1.29 is 27.2 Å². The van der Waals surface area contributed by atoms with Gasteiger partial charge >= 0.3 is 17.9 Å². The predicted molar refractivity (Wildman–Crippen MR) is 165 cm³/mol. The van der Waals surface area contributed by atoms with Crippen molar-refractivity contribution in [2.24, 2.45) is 5.92 Å². The Balaban J connectivity index is 1.50. The van der Waals surface area contributed by atoms with Crippen molar-refractivity contribution in [1.29, 1.82) is 0 Å². The van der Waals surface area contributed by atoms with Crippen LogP contribution in [0.2, 0.25) is 0 Å². The lowest BCUT2D eigenvalue weighted by molar-refractivity contribution is -0.869. The Morgan fingerprint density at radius 1 is 1.07 bits per heavy atom. The van der Waals surface area contributed by atoms with Crippen LogP contribution in [0.25, 0.3) is 27.6 Å². The summed E-state index contributed by atoms with van der Waals surface area (Å²) >= 11 is 0. The van der Waals surface area contributed by atoms with Crippen LogP contribution in [0, 0.1) is 19.4 Å². The van der Waals surface area contributed by atoms with Crippen molar-refractivity contribution in [3.8, 4) is 22.8 Å². The standard InChI is InChI=1S/C32H33F3N8O3/c1-20-28(27-13-14-38-42(27)25-11-9-23(36-2)10-12-25)41(31(46)40(20)26-8-6-7-22(19-26)32(33,34)35)30(45)39-24-17-21(18-24)29(44)37-15-16-43(3,4)5/h6-14,19,21,24H,15-18H2,1,3-5H3,(H-,37,39,44,45)/p+1. The maximum Gasteiger partial charge on any atom is 0.416 e. The van der Waals surface area contributed by atoms with Crippen LogP contribution in [0.15, 0.2) is 65.6 Å². The molecule has 0 spiro atoms. The van der Waals surface area contributed by atoms with Gasteiger partial charge in [0.15, 0.2) is 5.69 Å². The lowest BCUT2D eigenvalue weighted by Crippen LogP contribution is -2.52. The third-order valence-electron chi connectivity index (χ3n) is 7.95. The van der Waals surface area contributed by atoms with E-state index < -0.39 is 23.5 Å². The van der Waals surface area contributed by atoms with Crippen LogP contribution in [0.4, 0.5) is 23.7 Å². The lowest BCUT2D eigenvalue weighted by atomic mass is 9.79. The molecule has 0 aliphatic heterocycles. The van der Waals surface area contributed by atoms with Crippen LogP contribution in [0.3, 0.4) is 0 Å². The fraction of sp³-hybridized carbons (Fsp3) is 0.344. The van der Waals surface area contributed by atoms with Gasteiger partial charge in [-0.15, -0.1) is 0 Å². The minimum Gasteiger partial charge on any atom is -0.350 e. The minimum atomic E-state index is -4.65. The maximum atomic E-state index is 14.0. The molecule has 1 aliphatic carbocycles. The maximum absolute atomic E-state index is 14.0. The summed E-state index contributed by atoms with van der Waals surface area (Å²) in [6.45, 7) is 10.0.